The second-order valence-corrected chi connectivity index (χ2v) is 6.13. The van der Waals surface area contributed by atoms with E-state index in [0.29, 0.717) is 29.2 Å². The molecule has 7 nitrogen and oxygen atoms in total. The maximum absolute atomic E-state index is 12.3. The summed E-state index contributed by atoms with van der Waals surface area (Å²) in [6, 6.07) is 12.0. The van der Waals surface area contributed by atoms with Crippen LogP contribution in [0.3, 0.4) is 0 Å². The maximum atomic E-state index is 12.3. The Bertz CT molecular complexity index is 839. The number of methoxy groups -OCH3 is 1. The highest BCUT2D eigenvalue weighted by molar-refractivity contribution is 9.10. The van der Waals surface area contributed by atoms with Gasteiger partial charge in [0.05, 0.1) is 25.5 Å². The molecule has 0 fully saturated rings. The summed E-state index contributed by atoms with van der Waals surface area (Å²) < 4.78 is 16.1. The van der Waals surface area contributed by atoms with Crippen LogP contribution < -0.4 is 14.9 Å². The monoisotopic (exact) mass is 434 g/mol. The number of hydrogen-bond acceptors (Lipinski definition) is 6. The van der Waals surface area contributed by atoms with Gasteiger partial charge in [-0.15, -0.1) is 0 Å². The summed E-state index contributed by atoms with van der Waals surface area (Å²) in [5.74, 6) is 0.0955. The standard InChI is InChI=1S/C19H19BrN2O5/c1-3-26-18(23)12-27-15-6-4-5-13(9-15)11-21-22-19(24)16-10-14(20)7-8-17(16)25-2/h4-11H,3,12H2,1-2H3,(H,22,24)/b21-11-. The molecule has 0 spiro atoms. The first-order valence-corrected chi connectivity index (χ1v) is 8.88. The zero-order valence-electron chi connectivity index (χ0n) is 14.9. The quantitative estimate of drug-likeness (QED) is 0.391. The van der Waals surface area contributed by atoms with Gasteiger partial charge in [-0.25, -0.2) is 10.2 Å². The summed E-state index contributed by atoms with van der Waals surface area (Å²) in [4.78, 5) is 23.6. The molecular formula is C19H19BrN2O5. The normalized spacial score (nSPS) is 10.5. The molecule has 0 aliphatic heterocycles. The van der Waals surface area contributed by atoms with Crippen LogP contribution in [0.15, 0.2) is 52.0 Å². The third-order valence-electron chi connectivity index (χ3n) is 3.31. The van der Waals surface area contributed by atoms with E-state index in [0.717, 1.165) is 4.47 Å². The zero-order chi connectivity index (χ0) is 19.6. The molecule has 0 saturated heterocycles. The van der Waals surface area contributed by atoms with E-state index < -0.39 is 11.9 Å². The molecule has 142 valence electrons. The number of hydrogen-bond donors (Lipinski definition) is 1. The van der Waals surface area contributed by atoms with Gasteiger partial charge in [-0.2, -0.15) is 5.10 Å². The molecule has 0 saturated carbocycles. The van der Waals surface area contributed by atoms with E-state index in [1.54, 1.807) is 49.4 Å². The SMILES string of the molecule is CCOC(=O)COc1cccc(/C=N\NC(=O)c2cc(Br)ccc2OC)c1. The van der Waals surface area contributed by atoms with Crippen LogP contribution in [0.1, 0.15) is 22.8 Å². The summed E-state index contributed by atoms with van der Waals surface area (Å²) in [5, 5.41) is 3.95. The Morgan fingerprint density at radius 1 is 1.22 bits per heavy atom. The van der Waals surface area contributed by atoms with E-state index in [9.17, 15) is 9.59 Å². The number of rotatable bonds is 8. The van der Waals surface area contributed by atoms with Crippen molar-refractivity contribution in [3.8, 4) is 11.5 Å². The van der Waals surface area contributed by atoms with E-state index in [4.69, 9.17) is 14.2 Å². The molecule has 0 atom stereocenters. The van der Waals surface area contributed by atoms with Gasteiger partial charge in [0.15, 0.2) is 6.61 Å². The van der Waals surface area contributed by atoms with Gasteiger partial charge in [-0.3, -0.25) is 4.79 Å². The molecule has 0 radical (unpaired) electrons. The summed E-state index contributed by atoms with van der Waals surface area (Å²) in [6.07, 6.45) is 1.47. The number of benzene rings is 2. The number of esters is 1. The lowest BCUT2D eigenvalue weighted by Gasteiger charge is -2.07. The van der Waals surface area contributed by atoms with E-state index >= 15 is 0 Å². The van der Waals surface area contributed by atoms with Crippen molar-refractivity contribution < 1.29 is 23.8 Å². The van der Waals surface area contributed by atoms with Crippen molar-refractivity contribution in [3.05, 3.63) is 58.1 Å². The number of hydrazone groups is 1. The third-order valence-corrected chi connectivity index (χ3v) is 3.80. The first kappa shape index (κ1) is 20.4. The summed E-state index contributed by atoms with van der Waals surface area (Å²) in [7, 11) is 1.49. The van der Waals surface area contributed by atoms with Gasteiger partial charge >= 0.3 is 5.97 Å². The van der Waals surface area contributed by atoms with Crippen molar-refractivity contribution in [2.45, 2.75) is 6.92 Å². The van der Waals surface area contributed by atoms with Crippen molar-refractivity contribution in [2.75, 3.05) is 20.3 Å². The fourth-order valence-corrected chi connectivity index (χ4v) is 2.47. The van der Waals surface area contributed by atoms with Crippen molar-refractivity contribution in [1.82, 2.24) is 5.43 Å². The Balaban J connectivity index is 1.98. The third kappa shape index (κ3) is 6.41. The Morgan fingerprint density at radius 2 is 2.04 bits per heavy atom. The van der Waals surface area contributed by atoms with Crippen LogP contribution in [0.4, 0.5) is 0 Å². The van der Waals surface area contributed by atoms with Crippen LogP contribution in [0, 0.1) is 0 Å². The predicted octanol–water partition coefficient (Wildman–Crippen LogP) is 3.16. The molecule has 27 heavy (non-hydrogen) atoms. The molecule has 8 heteroatoms. The number of halogens is 1. The second-order valence-electron chi connectivity index (χ2n) is 5.21. The van der Waals surface area contributed by atoms with E-state index in [1.807, 2.05) is 0 Å². The second kappa shape index (κ2) is 10.3. The summed E-state index contributed by atoms with van der Waals surface area (Å²) >= 11 is 3.32. The van der Waals surface area contributed by atoms with Crippen LogP contribution in [-0.4, -0.2) is 38.4 Å². The number of amides is 1. The topological polar surface area (TPSA) is 86.2 Å². The smallest absolute Gasteiger partial charge is 0.344 e. The van der Waals surface area contributed by atoms with Crippen LogP contribution >= 0.6 is 15.9 Å². The molecule has 2 aromatic carbocycles. The maximum Gasteiger partial charge on any atom is 0.344 e. The number of nitrogens with one attached hydrogen (secondary N) is 1. The zero-order valence-corrected chi connectivity index (χ0v) is 16.5. The molecule has 2 aromatic rings. The van der Waals surface area contributed by atoms with Crippen LogP contribution in [0.5, 0.6) is 11.5 Å². The van der Waals surface area contributed by atoms with Crippen LogP contribution in [-0.2, 0) is 9.53 Å². The molecule has 2 rings (SSSR count). The minimum Gasteiger partial charge on any atom is -0.496 e. The lowest BCUT2D eigenvalue weighted by Crippen LogP contribution is -2.18. The van der Waals surface area contributed by atoms with Gasteiger partial charge in [0.2, 0.25) is 0 Å². The first-order chi connectivity index (χ1) is 13.0. The average molecular weight is 435 g/mol. The average Bonchev–Trinajstić information content (AvgIpc) is 2.67. The van der Waals surface area contributed by atoms with Crippen molar-refractivity contribution >= 4 is 34.0 Å². The molecule has 1 N–H and O–H groups in total. The molecule has 0 aliphatic carbocycles. The molecular weight excluding hydrogens is 416 g/mol. The highest BCUT2D eigenvalue weighted by Gasteiger charge is 2.12. The number of carbonyl (C=O) groups is 2. The van der Waals surface area contributed by atoms with Gasteiger partial charge in [-0.05, 0) is 42.8 Å². The van der Waals surface area contributed by atoms with Gasteiger partial charge in [0, 0.05) is 4.47 Å². The van der Waals surface area contributed by atoms with E-state index in [1.165, 1.54) is 13.3 Å². The van der Waals surface area contributed by atoms with Gasteiger partial charge in [-0.1, -0.05) is 28.1 Å². The Morgan fingerprint density at radius 3 is 2.78 bits per heavy atom. The van der Waals surface area contributed by atoms with Gasteiger partial charge < -0.3 is 14.2 Å². The first-order valence-electron chi connectivity index (χ1n) is 8.09. The minimum atomic E-state index is -0.438. The highest BCUT2D eigenvalue weighted by Crippen LogP contribution is 2.22. The molecule has 0 aliphatic rings. The summed E-state index contributed by atoms with van der Waals surface area (Å²) in [6.45, 7) is 1.86. The lowest BCUT2D eigenvalue weighted by atomic mass is 10.2. The predicted molar refractivity (Wildman–Crippen MR) is 104 cm³/mol. The van der Waals surface area contributed by atoms with Crippen molar-refractivity contribution in [1.29, 1.82) is 0 Å². The largest absolute Gasteiger partial charge is 0.496 e. The van der Waals surface area contributed by atoms with Crippen LogP contribution in [0.25, 0.3) is 0 Å². The Labute approximate surface area is 165 Å². The molecule has 1 amide bonds. The Kier molecular flexibility index (Phi) is 7.81. The number of carbonyl (C=O) groups excluding carboxylic acids is 2. The van der Waals surface area contributed by atoms with Crippen LogP contribution in [0.2, 0.25) is 0 Å². The Hall–Kier alpha value is -2.87. The highest BCUT2D eigenvalue weighted by atomic mass is 79.9. The molecule has 0 unspecified atom stereocenters. The molecule has 0 aromatic heterocycles. The lowest BCUT2D eigenvalue weighted by molar-refractivity contribution is -0.145. The molecule has 0 bridgehead atoms. The number of ether oxygens (including phenoxy) is 3. The molecule has 0 heterocycles. The fourth-order valence-electron chi connectivity index (χ4n) is 2.11. The van der Waals surface area contributed by atoms with Crippen molar-refractivity contribution in [3.63, 3.8) is 0 Å². The fraction of sp³-hybridized carbons (Fsp3) is 0.211. The van der Waals surface area contributed by atoms with E-state index in [-0.39, 0.29) is 6.61 Å². The number of nitrogens with zero attached hydrogens (tertiary/aromatic N) is 1. The van der Waals surface area contributed by atoms with Gasteiger partial charge in [0.25, 0.3) is 5.91 Å². The van der Waals surface area contributed by atoms with Gasteiger partial charge in [0.1, 0.15) is 11.5 Å². The van der Waals surface area contributed by atoms with Crippen molar-refractivity contribution in [2.24, 2.45) is 5.10 Å². The van der Waals surface area contributed by atoms with E-state index in [2.05, 4.69) is 26.5 Å². The summed E-state index contributed by atoms with van der Waals surface area (Å²) in [5.41, 5.74) is 3.50. The minimum absolute atomic E-state index is 0.173.